The predicted molar refractivity (Wildman–Crippen MR) is 91.7 cm³/mol. The number of nitrogens with zero attached hydrogens (tertiary/aromatic N) is 3. The minimum absolute atomic E-state index is 0.209. The average Bonchev–Trinajstić information content (AvgIpc) is 3.13. The van der Waals surface area contributed by atoms with Crippen LogP contribution in [-0.4, -0.2) is 33.2 Å². The highest BCUT2D eigenvalue weighted by Gasteiger charge is 2.11. The minimum Gasteiger partial charge on any atom is -0.461 e. The molecule has 0 saturated carbocycles. The van der Waals surface area contributed by atoms with Gasteiger partial charge in [0.25, 0.3) is 5.91 Å². The highest BCUT2D eigenvalue weighted by atomic mass is 16.5. The SMILES string of the molecule is CCOC(=O)c1ccn(-c2ccc(NC(=O)c3ccncc3)cc2)n1. The Labute approximate surface area is 144 Å². The first-order valence-electron chi connectivity index (χ1n) is 7.72. The third-order valence-corrected chi connectivity index (χ3v) is 3.41. The Kier molecular flexibility index (Phi) is 4.84. The molecule has 7 nitrogen and oxygen atoms in total. The molecule has 7 heteroatoms. The highest BCUT2D eigenvalue weighted by molar-refractivity contribution is 6.04. The van der Waals surface area contributed by atoms with Crippen LogP contribution in [0.1, 0.15) is 27.8 Å². The molecule has 0 aliphatic heterocycles. The van der Waals surface area contributed by atoms with Crippen molar-refractivity contribution in [2.45, 2.75) is 6.92 Å². The van der Waals surface area contributed by atoms with Crippen LogP contribution in [0.5, 0.6) is 0 Å². The number of aromatic nitrogens is 3. The number of esters is 1. The third-order valence-electron chi connectivity index (χ3n) is 3.41. The second-order valence-electron chi connectivity index (χ2n) is 5.10. The van der Waals surface area contributed by atoms with E-state index in [0.29, 0.717) is 17.9 Å². The zero-order valence-electron chi connectivity index (χ0n) is 13.5. The molecule has 0 atom stereocenters. The summed E-state index contributed by atoms with van der Waals surface area (Å²) < 4.78 is 6.49. The molecule has 1 aromatic carbocycles. The number of carbonyl (C=O) groups is 2. The van der Waals surface area contributed by atoms with E-state index >= 15 is 0 Å². The first-order valence-corrected chi connectivity index (χ1v) is 7.72. The van der Waals surface area contributed by atoms with Crippen molar-refractivity contribution in [3.63, 3.8) is 0 Å². The molecule has 1 amide bonds. The van der Waals surface area contributed by atoms with Crippen molar-refractivity contribution in [2.75, 3.05) is 11.9 Å². The molecule has 2 aromatic heterocycles. The number of hydrogen-bond acceptors (Lipinski definition) is 5. The van der Waals surface area contributed by atoms with E-state index in [2.05, 4.69) is 15.4 Å². The van der Waals surface area contributed by atoms with E-state index in [1.807, 2.05) is 0 Å². The summed E-state index contributed by atoms with van der Waals surface area (Å²) in [6.07, 6.45) is 4.81. The maximum atomic E-state index is 12.1. The lowest BCUT2D eigenvalue weighted by molar-refractivity contribution is 0.0519. The molecule has 0 saturated heterocycles. The van der Waals surface area contributed by atoms with Gasteiger partial charge in [0.1, 0.15) is 0 Å². The van der Waals surface area contributed by atoms with Gasteiger partial charge in [-0.05, 0) is 49.4 Å². The van der Waals surface area contributed by atoms with Crippen LogP contribution < -0.4 is 5.32 Å². The van der Waals surface area contributed by atoms with Gasteiger partial charge in [-0.1, -0.05) is 0 Å². The van der Waals surface area contributed by atoms with Crippen LogP contribution in [0.25, 0.3) is 5.69 Å². The van der Waals surface area contributed by atoms with Crippen LogP contribution in [0.3, 0.4) is 0 Å². The lowest BCUT2D eigenvalue weighted by atomic mass is 10.2. The number of carbonyl (C=O) groups excluding carboxylic acids is 2. The Morgan fingerprint density at radius 3 is 2.48 bits per heavy atom. The van der Waals surface area contributed by atoms with Crippen molar-refractivity contribution in [3.8, 4) is 5.69 Å². The van der Waals surface area contributed by atoms with Gasteiger partial charge in [-0.2, -0.15) is 5.10 Å². The van der Waals surface area contributed by atoms with Crippen molar-refractivity contribution in [3.05, 3.63) is 72.3 Å². The van der Waals surface area contributed by atoms with Crippen LogP contribution in [0.4, 0.5) is 5.69 Å². The quantitative estimate of drug-likeness (QED) is 0.724. The van der Waals surface area contributed by atoms with E-state index in [-0.39, 0.29) is 11.6 Å². The van der Waals surface area contributed by atoms with Gasteiger partial charge in [-0.25, -0.2) is 9.48 Å². The van der Waals surface area contributed by atoms with Crippen LogP contribution in [0.2, 0.25) is 0 Å². The number of benzene rings is 1. The van der Waals surface area contributed by atoms with Gasteiger partial charge in [0, 0.05) is 29.8 Å². The molecule has 0 radical (unpaired) electrons. The summed E-state index contributed by atoms with van der Waals surface area (Å²) in [6, 6.07) is 12.0. The number of pyridine rings is 1. The van der Waals surface area contributed by atoms with E-state index in [9.17, 15) is 9.59 Å². The van der Waals surface area contributed by atoms with Gasteiger partial charge in [-0.3, -0.25) is 9.78 Å². The number of rotatable bonds is 5. The Morgan fingerprint density at radius 1 is 1.08 bits per heavy atom. The molecule has 126 valence electrons. The van der Waals surface area contributed by atoms with Crippen molar-refractivity contribution in [1.82, 2.24) is 14.8 Å². The molecule has 0 unspecified atom stereocenters. The maximum absolute atomic E-state index is 12.1. The first-order chi connectivity index (χ1) is 12.2. The number of amides is 1. The summed E-state index contributed by atoms with van der Waals surface area (Å²) in [7, 11) is 0. The summed E-state index contributed by atoms with van der Waals surface area (Å²) in [5.41, 5.74) is 2.20. The van der Waals surface area contributed by atoms with Gasteiger partial charge in [0.15, 0.2) is 5.69 Å². The fourth-order valence-corrected chi connectivity index (χ4v) is 2.19. The van der Waals surface area contributed by atoms with Crippen molar-refractivity contribution in [1.29, 1.82) is 0 Å². The van der Waals surface area contributed by atoms with Crippen molar-refractivity contribution < 1.29 is 14.3 Å². The van der Waals surface area contributed by atoms with Crippen LogP contribution in [0.15, 0.2) is 61.1 Å². The number of ether oxygens (including phenoxy) is 1. The van der Waals surface area contributed by atoms with Gasteiger partial charge in [0.2, 0.25) is 0 Å². The van der Waals surface area contributed by atoms with Crippen molar-refractivity contribution >= 4 is 17.6 Å². The molecule has 0 fully saturated rings. The van der Waals surface area contributed by atoms with Gasteiger partial charge in [0.05, 0.1) is 12.3 Å². The first kappa shape index (κ1) is 16.4. The Morgan fingerprint density at radius 2 is 1.80 bits per heavy atom. The van der Waals surface area contributed by atoms with E-state index < -0.39 is 5.97 Å². The number of anilines is 1. The number of nitrogens with one attached hydrogen (secondary N) is 1. The molecule has 3 rings (SSSR count). The fraction of sp³-hybridized carbons (Fsp3) is 0.111. The molecule has 2 heterocycles. The summed E-state index contributed by atoms with van der Waals surface area (Å²) in [4.78, 5) is 27.6. The van der Waals surface area contributed by atoms with Gasteiger partial charge >= 0.3 is 5.97 Å². The monoisotopic (exact) mass is 336 g/mol. The second-order valence-corrected chi connectivity index (χ2v) is 5.10. The van der Waals surface area contributed by atoms with Crippen LogP contribution >= 0.6 is 0 Å². The zero-order chi connectivity index (χ0) is 17.6. The fourth-order valence-electron chi connectivity index (χ4n) is 2.19. The van der Waals surface area contributed by atoms with E-state index in [0.717, 1.165) is 5.69 Å². The van der Waals surface area contributed by atoms with E-state index in [4.69, 9.17) is 4.74 Å². The molecule has 25 heavy (non-hydrogen) atoms. The number of hydrogen-bond donors (Lipinski definition) is 1. The van der Waals surface area contributed by atoms with Crippen molar-refractivity contribution in [2.24, 2.45) is 0 Å². The smallest absolute Gasteiger partial charge is 0.358 e. The second kappa shape index (κ2) is 7.39. The van der Waals surface area contributed by atoms with Gasteiger partial charge < -0.3 is 10.1 Å². The zero-order valence-corrected chi connectivity index (χ0v) is 13.5. The Hall–Kier alpha value is -3.48. The van der Waals surface area contributed by atoms with E-state index in [1.54, 1.807) is 72.7 Å². The molecule has 0 aliphatic carbocycles. The Balaban J connectivity index is 1.70. The predicted octanol–water partition coefficient (Wildman–Crippen LogP) is 2.70. The summed E-state index contributed by atoms with van der Waals surface area (Å²) in [6.45, 7) is 2.05. The third kappa shape index (κ3) is 3.89. The molecule has 0 bridgehead atoms. The largest absolute Gasteiger partial charge is 0.461 e. The lowest BCUT2D eigenvalue weighted by Crippen LogP contribution is -2.11. The summed E-state index contributed by atoms with van der Waals surface area (Å²) >= 11 is 0. The lowest BCUT2D eigenvalue weighted by Gasteiger charge is -2.07. The minimum atomic E-state index is -0.456. The van der Waals surface area contributed by atoms with Crippen LogP contribution in [0, 0.1) is 0 Å². The molecule has 3 aromatic rings. The summed E-state index contributed by atoms with van der Waals surface area (Å²) in [5, 5.41) is 6.99. The molecular formula is C18H16N4O3. The van der Waals surface area contributed by atoms with E-state index in [1.165, 1.54) is 0 Å². The normalized spacial score (nSPS) is 10.3. The highest BCUT2D eigenvalue weighted by Crippen LogP contribution is 2.14. The summed E-state index contributed by atoms with van der Waals surface area (Å²) in [5.74, 6) is -0.665. The molecule has 0 spiro atoms. The molecule has 0 aliphatic rings. The average molecular weight is 336 g/mol. The molecule has 1 N–H and O–H groups in total. The topological polar surface area (TPSA) is 86.1 Å². The standard InChI is InChI=1S/C18H16N4O3/c1-2-25-18(24)16-9-12-22(21-16)15-5-3-14(4-6-15)20-17(23)13-7-10-19-11-8-13/h3-12H,2H2,1H3,(H,20,23). The molecular weight excluding hydrogens is 320 g/mol. The van der Waals surface area contributed by atoms with Gasteiger partial charge in [-0.15, -0.1) is 0 Å². The Bertz CT molecular complexity index is 873. The van der Waals surface area contributed by atoms with Crippen LogP contribution in [-0.2, 0) is 4.74 Å². The maximum Gasteiger partial charge on any atom is 0.358 e.